The van der Waals surface area contributed by atoms with Crippen molar-refractivity contribution >= 4 is 17.4 Å². The van der Waals surface area contributed by atoms with Crippen LogP contribution in [0.5, 0.6) is 0 Å². The van der Waals surface area contributed by atoms with E-state index in [1.54, 1.807) is 18.3 Å². The van der Waals surface area contributed by atoms with Gasteiger partial charge >= 0.3 is 0 Å². The molecule has 19 heavy (non-hydrogen) atoms. The molecule has 2 aromatic rings. The van der Waals surface area contributed by atoms with E-state index in [-0.39, 0.29) is 5.56 Å². The van der Waals surface area contributed by atoms with Crippen molar-refractivity contribution in [1.29, 1.82) is 0 Å². The number of hydrazone groups is 1. The van der Waals surface area contributed by atoms with Crippen molar-refractivity contribution in [1.82, 2.24) is 4.98 Å². The number of hydrogen-bond acceptors (Lipinski definition) is 5. The van der Waals surface area contributed by atoms with Gasteiger partial charge < -0.3 is 9.90 Å². The minimum absolute atomic E-state index is 0.135. The van der Waals surface area contributed by atoms with Crippen LogP contribution in [-0.4, -0.2) is 16.7 Å². The number of nitrogens with one attached hydrogen (secondary N) is 1. The largest absolute Gasteiger partial charge is 0.545 e. The van der Waals surface area contributed by atoms with E-state index in [1.807, 2.05) is 25.1 Å². The van der Waals surface area contributed by atoms with Crippen LogP contribution in [0.1, 0.15) is 23.0 Å². The summed E-state index contributed by atoms with van der Waals surface area (Å²) in [6, 6.07) is 11.8. The molecule has 5 nitrogen and oxygen atoms in total. The minimum atomic E-state index is -1.19. The number of carbonyl (C=O) groups is 1. The van der Waals surface area contributed by atoms with E-state index in [0.29, 0.717) is 5.69 Å². The molecule has 0 aliphatic carbocycles. The molecule has 1 N–H and O–H groups in total. The summed E-state index contributed by atoms with van der Waals surface area (Å²) in [4.78, 5) is 14.8. The van der Waals surface area contributed by atoms with Crippen molar-refractivity contribution in [2.75, 3.05) is 5.43 Å². The van der Waals surface area contributed by atoms with E-state index in [1.165, 1.54) is 12.1 Å². The van der Waals surface area contributed by atoms with Gasteiger partial charge in [0.2, 0.25) is 0 Å². The Kier molecular flexibility index (Phi) is 3.87. The Labute approximate surface area is 110 Å². The van der Waals surface area contributed by atoms with Crippen molar-refractivity contribution in [3.8, 4) is 0 Å². The van der Waals surface area contributed by atoms with Gasteiger partial charge in [0.1, 0.15) is 0 Å². The fraction of sp³-hybridized carbons (Fsp3) is 0.0714. The quantitative estimate of drug-likeness (QED) is 0.658. The predicted molar refractivity (Wildman–Crippen MR) is 70.8 cm³/mol. The van der Waals surface area contributed by atoms with Gasteiger partial charge in [0.15, 0.2) is 0 Å². The standard InChI is InChI=1S/C14H13N3O2/c1-10(13-4-2-3-9-15-13)16-17-12-7-5-11(6-8-12)14(18)19/h2-9,17H,1H3,(H,18,19)/p-1/b16-10-. The number of nitrogens with zero attached hydrogens (tertiary/aromatic N) is 2. The number of rotatable bonds is 4. The summed E-state index contributed by atoms with van der Waals surface area (Å²) in [5.74, 6) is -1.19. The lowest BCUT2D eigenvalue weighted by atomic mass is 10.2. The highest BCUT2D eigenvalue weighted by Crippen LogP contribution is 2.09. The molecule has 0 amide bonds. The molecule has 0 atom stereocenters. The van der Waals surface area contributed by atoms with Gasteiger partial charge in [-0.15, -0.1) is 0 Å². The van der Waals surface area contributed by atoms with Crippen LogP contribution >= 0.6 is 0 Å². The van der Waals surface area contributed by atoms with E-state index in [2.05, 4.69) is 15.5 Å². The Morgan fingerprint density at radius 2 is 1.95 bits per heavy atom. The first-order chi connectivity index (χ1) is 9.16. The summed E-state index contributed by atoms with van der Waals surface area (Å²) in [7, 11) is 0. The number of carboxylic acid groups (broad SMARTS) is 1. The summed E-state index contributed by atoms with van der Waals surface area (Å²) < 4.78 is 0. The summed E-state index contributed by atoms with van der Waals surface area (Å²) in [5.41, 5.74) is 5.19. The van der Waals surface area contributed by atoms with Crippen molar-refractivity contribution in [2.45, 2.75) is 6.92 Å². The monoisotopic (exact) mass is 254 g/mol. The molecule has 0 saturated heterocycles. The Hall–Kier alpha value is -2.69. The first kappa shape index (κ1) is 12.8. The third kappa shape index (κ3) is 3.38. The number of benzene rings is 1. The van der Waals surface area contributed by atoms with Crippen molar-refractivity contribution < 1.29 is 9.90 Å². The van der Waals surface area contributed by atoms with Crippen LogP contribution in [0.2, 0.25) is 0 Å². The molecular formula is C14H12N3O2-. The highest BCUT2D eigenvalue weighted by molar-refractivity contribution is 5.97. The van der Waals surface area contributed by atoms with E-state index < -0.39 is 5.97 Å². The van der Waals surface area contributed by atoms with Crippen molar-refractivity contribution in [3.05, 3.63) is 59.9 Å². The summed E-state index contributed by atoms with van der Waals surface area (Å²) in [5, 5.41) is 14.8. The molecule has 0 radical (unpaired) electrons. The molecule has 0 aliphatic rings. The summed E-state index contributed by atoms with van der Waals surface area (Å²) in [6.07, 6.45) is 1.70. The molecule has 0 bridgehead atoms. The molecule has 1 heterocycles. The van der Waals surface area contributed by atoms with Crippen LogP contribution in [-0.2, 0) is 0 Å². The van der Waals surface area contributed by atoms with Gasteiger partial charge in [-0.05, 0) is 36.8 Å². The highest BCUT2D eigenvalue weighted by Gasteiger charge is 1.98. The van der Waals surface area contributed by atoms with Gasteiger partial charge in [-0.2, -0.15) is 5.10 Å². The van der Waals surface area contributed by atoms with Crippen LogP contribution in [0.25, 0.3) is 0 Å². The number of aromatic nitrogens is 1. The summed E-state index contributed by atoms with van der Waals surface area (Å²) in [6.45, 7) is 1.84. The number of anilines is 1. The zero-order chi connectivity index (χ0) is 13.7. The fourth-order valence-electron chi connectivity index (χ4n) is 1.46. The first-order valence-electron chi connectivity index (χ1n) is 5.70. The molecule has 2 rings (SSSR count). The molecule has 5 heteroatoms. The van der Waals surface area contributed by atoms with Gasteiger partial charge in [0.05, 0.1) is 23.1 Å². The van der Waals surface area contributed by atoms with E-state index >= 15 is 0 Å². The topological polar surface area (TPSA) is 77.4 Å². The zero-order valence-corrected chi connectivity index (χ0v) is 10.3. The average molecular weight is 254 g/mol. The van der Waals surface area contributed by atoms with Gasteiger partial charge in [0.25, 0.3) is 0 Å². The maximum atomic E-state index is 10.6. The molecule has 0 saturated carbocycles. The van der Waals surface area contributed by atoms with Crippen LogP contribution in [0.3, 0.4) is 0 Å². The van der Waals surface area contributed by atoms with E-state index in [9.17, 15) is 9.90 Å². The van der Waals surface area contributed by atoms with E-state index in [0.717, 1.165) is 11.4 Å². The van der Waals surface area contributed by atoms with Crippen LogP contribution in [0.15, 0.2) is 53.8 Å². The number of carboxylic acids is 1. The smallest absolute Gasteiger partial charge is 0.0859 e. The third-order valence-corrected chi connectivity index (χ3v) is 2.51. The molecule has 96 valence electrons. The fourth-order valence-corrected chi connectivity index (χ4v) is 1.46. The van der Waals surface area contributed by atoms with Crippen molar-refractivity contribution in [2.24, 2.45) is 5.10 Å². The SMILES string of the molecule is C/C(=N/Nc1ccc(C(=O)[O-])cc1)c1ccccn1. The molecule has 0 fully saturated rings. The molecule has 1 aromatic carbocycles. The van der Waals surface area contributed by atoms with E-state index in [4.69, 9.17) is 0 Å². The van der Waals surface area contributed by atoms with Gasteiger partial charge in [-0.25, -0.2) is 0 Å². The van der Waals surface area contributed by atoms with Crippen molar-refractivity contribution in [3.63, 3.8) is 0 Å². The number of hydrogen-bond donors (Lipinski definition) is 1. The Balaban J connectivity index is 2.08. The Bertz CT molecular complexity index is 592. The number of aromatic carboxylic acids is 1. The highest BCUT2D eigenvalue weighted by atomic mass is 16.4. The lowest BCUT2D eigenvalue weighted by molar-refractivity contribution is -0.255. The Morgan fingerprint density at radius 3 is 2.53 bits per heavy atom. The van der Waals surface area contributed by atoms with Crippen LogP contribution in [0, 0.1) is 0 Å². The normalized spacial score (nSPS) is 11.1. The minimum Gasteiger partial charge on any atom is -0.545 e. The average Bonchev–Trinajstić information content (AvgIpc) is 2.46. The van der Waals surface area contributed by atoms with Crippen LogP contribution in [0.4, 0.5) is 5.69 Å². The maximum absolute atomic E-state index is 10.6. The first-order valence-corrected chi connectivity index (χ1v) is 5.70. The number of carbonyl (C=O) groups excluding carboxylic acids is 1. The predicted octanol–water partition coefficient (Wildman–Crippen LogP) is 1.28. The Morgan fingerprint density at radius 1 is 1.21 bits per heavy atom. The molecular weight excluding hydrogens is 242 g/mol. The summed E-state index contributed by atoms with van der Waals surface area (Å²) >= 11 is 0. The lowest BCUT2D eigenvalue weighted by Gasteiger charge is -2.05. The van der Waals surface area contributed by atoms with Gasteiger partial charge in [0, 0.05) is 6.20 Å². The number of pyridine rings is 1. The van der Waals surface area contributed by atoms with Gasteiger partial charge in [-0.1, -0.05) is 18.2 Å². The second-order valence-corrected chi connectivity index (χ2v) is 3.89. The molecule has 0 unspecified atom stereocenters. The molecule has 0 spiro atoms. The van der Waals surface area contributed by atoms with Crippen LogP contribution < -0.4 is 10.5 Å². The second-order valence-electron chi connectivity index (χ2n) is 3.89. The third-order valence-electron chi connectivity index (χ3n) is 2.51. The maximum Gasteiger partial charge on any atom is 0.0859 e. The second kappa shape index (κ2) is 5.77. The van der Waals surface area contributed by atoms with Gasteiger partial charge in [-0.3, -0.25) is 10.4 Å². The molecule has 1 aromatic heterocycles. The molecule has 0 aliphatic heterocycles. The zero-order valence-electron chi connectivity index (χ0n) is 10.3. The lowest BCUT2D eigenvalue weighted by Crippen LogP contribution is -2.21.